The van der Waals surface area contributed by atoms with E-state index >= 15 is 0 Å². The first-order valence-electron chi connectivity index (χ1n) is 4.97. The standard InChI is InChI=1S/C13H7ClF2O2/c14-10-5-8(13(17)18)1-3-9(10)7-2-4-11(15)12(16)6-7/h1-6H,(H,17,18). The van der Waals surface area contributed by atoms with Crippen molar-refractivity contribution < 1.29 is 18.7 Å². The van der Waals surface area contributed by atoms with Crippen LogP contribution in [-0.4, -0.2) is 11.1 Å². The van der Waals surface area contributed by atoms with Gasteiger partial charge in [0, 0.05) is 10.6 Å². The van der Waals surface area contributed by atoms with Crippen molar-refractivity contribution in [2.45, 2.75) is 0 Å². The fourth-order valence-corrected chi connectivity index (χ4v) is 1.84. The zero-order valence-electron chi connectivity index (χ0n) is 8.95. The van der Waals surface area contributed by atoms with Gasteiger partial charge in [-0.1, -0.05) is 23.7 Å². The molecule has 0 atom stereocenters. The molecule has 0 aliphatic carbocycles. The highest BCUT2D eigenvalue weighted by Crippen LogP contribution is 2.29. The second kappa shape index (κ2) is 4.74. The van der Waals surface area contributed by atoms with E-state index in [-0.39, 0.29) is 10.6 Å². The summed E-state index contributed by atoms with van der Waals surface area (Å²) in [4.78, 5) is 10.7. The summed E-state index contributed by atoms with van der Waals surface area (Å²) in [7, 11) is 0. The molecule has 0 heterocycles. The van der Waals surface area contributed by atoms with Gasteiger partial charge < -0.3 is 5.11 Å². The minimum atomic E-state index is -1.10. The number of rotatable bonds is 2. The van der Waals surface area contributed by atoms with Crippen molar-refractivity contribution in [3.8, 4) is 11.1 Å². The number of benzene rings is 2. The third-order valence-electron chi connectivity index (χ3n) is 2.45. The predicted molar refractivity (Wildman–Crippen MR) is 63.8 cm³/mol. The number of hydrogen-bond acceptors (Lipinski definition) is 1. The van der Waals surface area contributed by atoms with E-state index in [0.29, 0.717) is 11.1 Å². The van der Waals surface area contributed by atoms with Gasteiger partial charge in [-0.3, -0.25) is 0 Å². The molecule has 0 radical (unpaired) electrons. The summed E-state index contributed by atoms with van der Waals surface area (Å²) in [5.74, 6) is -3.03. The van der Waals surface area contributed by atoms with E-state index in [1.54, 1.807) is 0 Å². The Morgan fingerprint density at radius 1 is 1.06 bits per heavy atom. The molecule has 2 aromatic carbocycles. The van der Waals surface area contributed by atoms with E-state index < -0.39 is 17.6 Å². The normalized spacial score (nSPS) is 10.4. The highest BCUT2D eigenvalue weighted by atomic mass is 35.5. The Morgan fingerprint density at radius 2 is 1.78 bits per heavy atom. The smallest absolute Gasteiger partial charge is 0.335 e. The summed E-state index contributed by atoms with van der Waals surface area (Å²) in [5.41, 5.74) is 0.864. The fourth-order valence-electron chi connectivity index (χ4n) is 1.55. The molecule has 0 saturated carbocycles. The predicted octanol–water partition coefficient (Wildman–Crippen LogP) is 3.98. The molecule has 1 N–H and O–H groups in total. The van der Waals surface area contributed by atoms with Gasteiger partial charge in [0.1, 0.15) is 0 Å². The van der Waals surface area contributed by atoms with E-state index in [1.165, 1.54) is 24.3 Å². The molecule has 0 spiro atoms. The number of halogens is 3. The van der Waals surface area contributed by atoms with Crippen LogP contribution in [0.3, 0.4) is 0 Å². The number of carboxylic acids is 1. The van der Waals surface area contributed by atoms with Crippen LogP contribution >= 0.6 is 11.6 Å². The Morgan fingerprint density at radius 3 is 2.33 bits per heavy atom. The van der Waals surface area contributed by atoms with Gasteiger partial charge in [-0.05, 0) is 29.8 Å². The lowest BCUT2D eigenvalue weighted by Crippen LogP contribution is -1.96. The van der Waals surface area contributed by atoms with Crippen LogP contribution in [0.25, 0.3) is 11.1 Å². The molecule has 0 saturated heterocycles. The highest BCUT2D eigenvalue weighted by Gasteiger charge is 2.10. The molecule has 0 fully saturated rings. The van der Waals surface area contributed by atoms with E-state index in [2.05, 4.69) is 0 Å². The lowest BCUT2D eigenvalue weighted by Gasteiger charge is -2.06. The molecule has 2 nitrogen and oxygen atoms in total. The SMILES string of the molecule is O=C(O)c1ccc(-c2ccc(F)c(F)c2)c(Cl)c1. The number of aromatic carboxylic acids is 1. The number of carboxylic acid groups (broad SMARTS) is 1. The van der Waals surface area contributed by atoms with Crippen molar-refractivity contribution in [2.75, 3.05) is 0 Å². The van der Waals surface area contributed by atoms with Gasteiger partial charge in [-0.2, -0.15) is 0 Å². The monoisotopic (exact) mass is 268 g/mol. The zero-order chi connectivity index (χ0) is 13.3. The zero-order valence-corrected chi connectivity index (χ0v) is 9.71. The average Bonchev–Trinajstić information content (AvgIpc) is 2.32. The van der Waals surface area contributed by atoms with Gasteiger partial charge in [0.25, 0.3) is 0 Å². The Labute approximate surface area is 106 Å². The quantitative estimate of drug-likeness (QED) is 0.894. The lowest BCUT2D eigenvalue weighted by atomic mass is 10.0. The molecule has 0 aromatic heterocycles. The van der Waals surface area contributed by atoms with Crippen molar-refractivity contribution >= 4 is 17.6 Å². The molecule has 0 amide bonds. The van der Waals surface area contributed by atoms with Crippen LogP contribution in [0.4, 0.5) is 8.78 Å². The maximum absolute atomic E-state index is 13.1. The first-order valence-corrected chi connectivity index (χ1v) is 5.35. The molecule has 0 unspecified atom stereocenters. The lowest BCUT2D eigenvalue weighted by molar-refractivity contribution is 0.0697. The summed E-state index contributed by atoms with van der Waals surface area (Å²) in [6.07, 6.45) is 0. The largest absolute Gasteiger partial charge is 0.478 e. The van der Waals surface area contributed by atoms with Crippen molar-refractivity contribution in [1.29, 1.82) is 0 Å². The minimum absolute atomic E-state index is 0.0336. The number of hydrogen-bond donors (Lipinski definition) is 1. The molecule has 0 aliphatic heterocycles. The van der Waals surface area contributed by atoms with E-state index in [4.69, 9.17) is 16.7 Å². The van der Waals surface area contributed by atoms with Crippen molar-refractivity contribution in [3.05, 3.63) is 58.6 Å². The van der Waals surface area contributed by atoms with Crippen LogP contribution in [-0.2, 0) is 0 Å². The van der Waals surface area contributed by atoms with E-state index in [0.717, 1.165) is 12.1 Å². The first-order chi connectivity index (χ1) is 8.49. The van der Waals surface area contributed by atoms with Gasteiger partial charge in [-0.15, -0.1) is 0 Å². The van der Waals surface area contributed by atoms with Crippen molar-refractivity contribution in [1.82, 2.24) is 0 Å². The molecular weight excluding hydrogens is 262 g/mol. The molecule has 92 valence electrons. The molecule has 2 rings (SSSR count). The summed E-state index contributed by atoms with van der Waals surface area (Å²) in [6.45, 7) is 0. The topological polar surface area (TPSA) is 37.3 Å². The second-order valence-corrected chi connectivity index (χ2v) is 4.04. The third kappa shape index (κ3) is 2.33. The average molecular weight is 269 g/mol. The molecule has 2 aromatic rings. The maximum Gasteiger partial charge on any atom is 0.335 e. The summed E-state index contributed by atoms with van der Waals surface area (Å²) < 4.78 is 25.9. The molecule has 18 heavy (non-hydrogen) atoms. The minimum Gasteiger partial charge on any atom is -0.478 e. The maximum atomic E-state index is 13.1. The van der Waals surface area contributed by atoms with Crippen LogP contribution in [0.15, 0.2) is 36.4 Å². The first kappa shape index (κ1) is 12.5. The van der Waals surface area contributed by atoms with Crippen molar-refractivity contribution in [2.24, 2.45) is 0 Å². The van der Waals surface area contributed by atoms with Crippen molar-refractivity contribution in [3.63, 3.8) is 0 Å². The van der Waals surface area contributed by atoms with Crippen LogP contribution in [0, 0.1) is 11.6 Å². The third-order valence-corrected chi connectivity index (χ3v) is 2.76. The van der Waals surface area contributed by atoms with Gasteiger partial charge in [0.05, 0.1) is 5.56 Å². The Hall–Kier alpha value is -1.94. The second-order valence-electron chi connectivity index (χ2n) is 3.63. The van der Waals surface area contributed by atoms with Gasteiger partial charge >= 0.3 is 5.97 Å². The summed E-state index contributed by atoms with van der Waals surface area (Å²) in [6, 6.07) is 7.45. The highest BCUT2D eigenvalue weighted by molar-refractivity contribution is 6.33. The van der Waals surface area contributed by atoms with E-state index in [9.17, 15) is 13.6 Å². The fraction of sp³-hybridized carbons (Fsp3) is 0. The van der Waals surface area contributed by atoms with E-state index in [1.807, 2.05) is 0 Å². The van der Waals surface area contributed by atoms with Crippen LogP contribution in [0.1, 0.15) is 10.4 Å². The van der Waals surface area contributed by atoms with Gasteiger partial charge in [0.15, 0.2) is 11.6 Å². The molecule has 5 heteroatoms. The number of carbonyl (C=O) groups is 1. The molecule has 0 bridgehead atoms. The summed E-state index contributed by atoms with van der Waals surface area (Å²) >= 11 is 5.92. The Kier molecular flexibility index (Phi) is 3.30. The summed E-state index contributed by atoms with van der Waals surface area (Å²) in [5, 5.41) is 8.95. The van der Waals surface area contributed by atoms with Crippen LogP contribution in [0.2, 0.25) is 5.02 Å². The van der Waals surface area contributed by atoms with Gasteiger partial charge in [-0.25, -0.2) is 13.6 Å². The Balaban J connectivity index is 2.51. The molecule has 0 aliphatic rings. The van der Waals surface area contributed by atoms with Crippen LogP contribution < -0.4 is 0 Å². The van der Waals surface area contributed by atoms with Gasteiger partial charge in [0.2, 0.25) is 0 Å². The van der Waals surface area contributed by atoms with Crippen LogP contribution in [0.5, 0.6) is 0 Å². The Bertz CT molecular complexity index is 626. The molecular formula is C13H7ClF2O2.